The van der Waals surface area contributed by atoms with Crippen LogP contribution in [0.3, 0.4) is 0 Å². The molecule has 0 aliphatic heterocycles. The molecular weight excluding hydrogens is 400 g/mol. The van der Waals surface area contributed by atoms with Gasteiger partial charge in [0.1, 0.15) is 12.6 Å². The van der Waals surface area contributed by atoms with E-state index in [2.05, 4.69) is 17.6 Å². The number of nitrogens with one attached hydrogen (secondary N) is 2. The Labute approximate surface area is 184 Å². The molecule has 2 atom stereocenters. The first kappa shape index (κ1) is 26.4. The van der Waals surface area contributed by atoms with Crippen molar-refractivity contribution in [2.24, 2.45) is 0 Å². The SMILES string of the molecule is CCCCCCCC[C@H](NC(=O)C[C@@H](O)CNC(=O)OCc1ccccc1)C(=O)OC. The van der Waals surface area contributed by atoms with Gasteiger partial charge < -0.3 is 25.2 Å². The van der Waals surface area contributed by atoms with Gasteiger partial charge in [-0.3, -0.25) is 4.79 Å². The molecule has 8 heteroatoms. The van der Waals surface area contributed by atoms with Gasteiger partial charge in [0.2, 0.25) is 5.91 Å². The summed E-state index contributed by atoms with van der Waals surface area (Å²) < 4.78 is 9.82. The lowest BCUT2D eigenvalue weighted by Crippen LogP contribution is -2.43. The summed E-state index contributed by atoms with van der Waals surface area (Å²) in [4.78, 5) is 35.8. The second-order valence-electron chi connectivity index (χ2n) is 7.50. The number of unbranched alkanes of at least 4 members (excludes halogenated alkanes) is 5. The van der Waals surface area contributed by atoms with Gasteiger partial charge in [0.05, 0.1) is 19.6 Å². The predicted molar refractivity (Wildman–Crippen MR) is 117 cm³/mol. The van der Waals surface area contributed by atoms with Crippen LogP contribution in [0.4, 0.5) is 4.79 Å². The van der Waals surface area contributed by atoms with Crippen molar-refractivity contribution < 1.29 is 29.0 Å². The monoisotopic (exact) mass is 436 g/mol. The van der Waals surface area contributed by atoms with Crippen LogP contribution >= 0.6 is 0 Å². The number of amides is 2. The van der Waals surface area contributed by atoms with E-state index >= 15 is 0 Å². The molecule has 0 heterocycles. The molecule has 0 bridgehead atoms. The Morgan fingerprint density at radius 2 is 1.71 bits per heavy atom. The molecule has 0 spiro atoms. The van der Waals surface area contributed by atoms with Gasteiger partial charge in [-0.1, -0.05) is 75.8 Å². The van der Waals surface area contributed by atoms with Crippen molar-refractivity contribution in [2.45, 2.75) is 77.0 Å². The van der Waals surface area contributed by atoms with Crippen LogP contribution in [0.5, 0.6) is 0 Å². The molecule has 0 radical (unpaired) electrons. The highest BCUT2D eigenvalue weighted by molar-refractivity contribution is 5.84. The van der Waals surface area contributed by atoms with E-state index in [9.17, 15) is 19.5 Å². The third-order valence-electron chi connectivity index (χ3n) is 4.78. The normalized spacial score (nSPS) is 12.5. The van der Waals surface area contributed by atoms with Crippen LogP contribution in [-0.4, -0.2) is 48.9 Å². The molecule has 0 saturated heterocycles. The number of esters is 1. The number of hydrogen-bond acceptors (Lipinski definition) is 6. The Morgan fingerprint density at radius 3 is 2.39 bits per heavy atom. The number of rotatable bonds is 15. The lowest BCUT2D eigenvalue weighted by Gasteiger charge is -2.18. The molecule has 1 aromatic carbocycles. The fraction of sp³-hybridized carbons (Fsp3) is 0.609. The molecular formula is C23H36N2O6. The second-order valence-corrected chi connectivity index (χ2v) is 7.50. The van der Waals surface area contributed by atoms with Crippen molar-refractivity contribution in [2.75, 3.05) is 13.7 Å². The second kappa shape index (κ2) is 16.1. The topological polar surface area (TPSA) is 114 Å². The summed E-state index contributed by atoms with van der Waals surface area (Å²) >= 11 is 0. The first-order chi connectivity index (χ1) is 15.0. The van der Waals surface area contributed by atoms with Gasteiger partial charge in [0.25, 0.3) is 0 Å². The minimum atomic E-state index is -1.10. The van der Waals surface area contributed by atoms with Crippen LogP contribution < -0.4 is 10.6 Å². The van der Waals surface area contributed by atoms with Crippen LogP contribution in [0.1, 0.15) is 63.9 Å². The summed E-state index contributed by atoms with van der Waals surface area (Å²) in [5.41, 5.74) is 0.844. The van der Waals surface area contributed by atoms with Gasteiger partial charge in [-0.25, -0.2) is 9.59 Å². The summed E-state index contributed by atoms with van der Waals surface area (Å²) in [7, 11) is 1.28. The molecule has 0 fully saturated rings. The fourth-order valence-corrected chi connectivity index (χ4v) is 3.03. The average molecular weight is 437 g/mol. The number of alkyl carbamates (subject to hydrolysis) is 1. The third kappa shape index (κ3) is 12.6. The highest BCUT2D eigenvalue weighted by Gasteiger charge is 2.22. The summed E-state index contributed by atoms with van der Waals surface area (Å²) in [5, 5.41) is 15.1. The molecule has 174 valence electrons. The highest BCUT2D eigenvalue weighted by Crippen LogP contribution is 2.10. The maximum atomic E-state index is 12.2. The minimum absolute atomic E-state index is 0.114. The van der Waals surface area contributed by atoms with E-state index < -0.39 is 30.1 Å². The largest absolute Gasteiger partial charge is 0.467 e. The summed E-state index contributed by atoms with van der Waals surface area (Å²) in [5.74, 6) is -0.979. The summed E-state index contributed by atoms with van der Waals surface area (Å²) in [6.07, 6.45) is 4.89. The lowest BCUT2D eigenvalue weighted by atomic mass is 10.1. The smallest absolute Gasteiger partial charge is 0.407 e. The van der Waals surface area contributed by atoms with E-state index in [0.29, 0.717) is 6.42 Å². The van der Waals surface area contributed by atoms with Gasteiger partial charge >= 0.3 is 12.1 Å². The molecule has 0 aliphatic carbocycles. The van der Waals surface area contributed by atoms with Crippen LogP contribution in [0.2, 0.25) is 0 Å². The van der Waals surface area contributed by atoms with Crippen LogP contribution in [0.25, 0.3) is 0 Å². The fourth-order valence-electron chi connectivity index (χ4n) is 3.03. The molecule has 8 nitrogen and oxygen atoms in total. The van der Waals surface area contributed by atoms with E-state index in [1.165, 1.54) is 26.4 Å². The van der Waals surface area contributed by atoms with Crippen molar-refractivity contribution >= 4 is 18.0 Å². The van der Waals surface area contributed by atoms with Crippen LogP contribution in [-0.2, 0) is 25.7 Å². The molecule has 0 saturated carbocycles. The molecule has 0 aliphatic rings. The Kier molecular flexibility index (Phi) is 13.7. The van der Waals surface area contributed by atoms with E-state index in [-0.39, 0.29) is 19.6 Å². The number of aliphatic hydroxyl groups excluding tert-OH is 1. The van der Waals surface area contributed by atoms with Gasteiger partial charge in [0.15, 0.2) is 0 Å². The van der Waals surface area contributed by atoms with Crippen molar-refractivity contribution in [3.8, 4) is 0 Å². The van der Waals surface area contributed by atoms with E-state index in [4.69, 9.17) is 9.47 Å². The number of ether oxygens (including phenoxy) is 2. The van der Waals surface area contributed by atoms with E-state index in [1.807, 2.05) is 30.3 Å². The Balaban J connectivity index is 2.29. The van der Waals surface area contributed by atoms with Crippen molar-refractivity contribution in [3.05, 3.63) is 35.9 Å². The minimum Gasteiger partial charge on any atom is -0.467 e. The molecule has 0 aromatic heterocycles. The van der Waals surface area contributed by atoms with E-state index in [1.54, 1.807) is 0 Å². The zero-order chi connectivity index (χ0) is 22.9. The van der Waals surface area contributed by atoms with Crippen molar-refractivity contribution in [3.63, 3.8) is 0 Å². The van der Waals surface area contributed by atoms with Crippen molar-refractivity contribution in [1.29, 1.82) is 0 Å². The zero-order valence-corrected chi connectivity index (χ0v) is 18.6. The van der Waals surface area contributed by atoms with E-state index in [0.717, 1.165) is 24.8 Å². The molecule has 2 amide bonds. The number of methoxy groups -OCH3 is 1. The van der Waals surface area contributed by atoms with Crippen LogP contribution in [0.15, 0.2) is 30.3 Å². The number of aliphatic hydroxyl groups is 1. The third-order valence-corrected chi connectivity index (χ3v) is 4.78. The van der Waals surface area contributed by atoms with Gasteiger partial charge in [-0.05, 0) is 12.0 Å². The lowest BCUT2D eigenvalue weighted by molar-refractivity contribution is -0.145. The average Bonchev–Trinajstić information content (AvgIpc) is 2.77. The Bertz CT molecular complexity index is 653. The molecule has 31 heavy (non-hydrogen) atoms. The van der Waals surface area contributed by atoms with Gasteiger partial charge in [-0.15, -0.1) is 0 Å². The predicted octanol–water partition coefficient (Wildman–Crippen LogP) is 3.07. The first-order valence-corrected chi connectivity index (χ1v) is 11.0. The molecule has 1 aromatic rings. The summed E-state index contributed by atoms with van der Waals surface area (Å²) in [6.45, 7) is 2.13. The highest BCUT2D eigenvalue weighted by atomic mass is 16.5. The Hall–Kier alpha value is -2.61. The molecule has 3 N–H and O–H groups in total. The maximum Gasteiger partial charge on any atom is 0.407 e. The standard InChI is InChI=1S/C23H36N2O6/c1-3-4-5-6-7-11-14-20(22(28)30-2)25-21(27)15-19(26)16-24-23(29)31-17-18-12-9-8-10-13-18/h8-10,12-13,19-20,26H,3-7,11,14-17H2,1-2H3,(H,24,29)(H,25,27)/t19-,20+/m1/s1. The quantitative estimate of drug-likeness (QED) is 0.288. The maximum absolute atomic E-state index is 12.2. The number of benzene rings is 1. The number of carbonyl (C=O) groups is 3. The number of carbonyl (C=O) groups excluding carboxylic acids is 3. The van der Waals surface area contributed by atoms with Gasteiger partial charge in [0, 0.05) is 6.54 Å². The van der Waals surface area contributed by atoms with Gasteiger partial charge in [-0.2, -0.15) is 0 Å². The zero-order valence-electron chi connectivity index (χ0n) is 18.6. The number of hydrogen-bond donors (Lipinski definition) is 3. The molecule has 1 rings (SSSR count). The Morgan fingerprint density at radius 1 is 1.03 bits per heavy atom. The van der Waals surface area contributed by atoms with Crippen LogP contribution in [0, 0.1) is 0 Å². The molecule has 0 unspecified atom stereocenters. The van der Waals surface area contributed by atoms with Crippen molar-refractivity contribution in [1.82, 2.24) is 10.6 Å². The first-order valence-electron chi connectivity index (χ1n) is 11.0. The summed E-state index contributed by atoms with van der Waals surface area (Å²) in [6, 6.07) is 8.47.